The molecule has 0 aliphatic rings. The van der Waals surface area contributed by atoms with Gasteiger partial charge in [0, 0.05) is 11.5 Å². The summed E-state index contributed by atoms with van der Waals surface area (Å²) < 4.78 is 0. The molecule has 0 atom stereocenters. The minimum Gasteiger partial charge on any atom is -0.396 e. The quantitative estimate of drug-likeness (QED) is 0.394. The van der Waals surface area contributed by atoms with Gasteiger partial charge in [-0.2, -0.15) is 24.4 Å². The summed E-state index contributed by atoms with van der Waals surface area (Å²) >= 11 is 5.82. The van der Waals surface area contributed by atoms with Crippen molar-refractivity contribution in [1.82, 2.24) is 0 Å². The van der Waals surface area contributed by atoms with Crippen molar-refractivity contribution in [2.45, 2.75) is 6.92 Å². The van der Waals surface area contributed by atoms with Gasteiger partial charge in [-0.15, -0.1) is 0 Å². The van der Waals surface area contributed by atoms with Crippen LogP contribution in [0, 0.1) is 0 Å². The van der Waals surface area contributed by atoms with Crippen LogP contribution in [0.5, 0.6) is 0 Å². The highest BCUT2D eigenvalue weighted by molar-refractivity contribution is 7.99. The van der Waals surface area contributed by atoms with E-state index in [1.165, 1.54) is 0 Å². The molecular formula is C6H13NOS2. The van der Waals surface area contributed by atoms with Crippen LogP contribution < -0.4 is 0 Å². The molecule has 0 aliphatic heterocycles. The summed E-state index contributed by atoms with van der Waals surface area (Å²) in [5.41, 5.74) is 0.998. The van der Waals surface area contributed by atoms with Gasteiger partial charge in [0.1, 0.15) is 6.61 Å². The van der Waals surface area contributed by atoms with Crippen molar-refractivity contribution < 1.29 is 4.84 Å². The van der Waals surface area contributed by atoms with Crippen LogP contribution in [0.3, 0.4) is 0 Å². The van der Waals surface area contributed by atoms with Gasteiger partial charge in [0.25, 0.3) is 0 Å². The normalized spacial score (nSPS) is 11.7. The van der Waals surface area contributed by atoms with E-state index in [0.29, 0.717) is 12.4 Å². The van der Waals surface area contributed by atoms with Crippen LogP contribution in [-0.2, 0) is 4.84 Å². The summed E-state index contributed by atoms with van der Waals surface area (Å²) in [6.45, 7) is 2.55. The Morgan fingerprint density at radius 1 is 1.70 bits per heavy atom. The highest BCUT2D eigenvalue weighted by atomic mass is 32.2. The zero-order valence-corrected chi connectivity index (χ0v) is 8.04. The Morgan fingerprint density at radius 2 is 2.40 bits per heavy atom. The first-order valence-corrected chi connectivity index (χ1v) is 5.15. The molecule has 0 N–H and O–H groups in total. The predicted octanol–water partition coefficient (Wildman–Crippen LogP) is 1.67. The number of thioether (sulfide) groups is 1. The summed E-state index contributed by atoms with van der Waals surface area (Å²) in [6, 6.07) is 0. The monoisotopic (exact) mass is 179 g/mol. The number of nitrogens with zero attached hydrogens (tertiary/aromatic N) is 1. The van der Waals surface area contributed by atoms with E-state index in [4.69, 9.17) is 4.84 Å². The fourth-order valence-electron chi connectivity index (χ4n) is 0.423. The molecule has 0 rings (SSSR count). The lowest BCUT2D eigenvalue weighted by Gasteiger charge is -1.98. The van der Waals surface area contributed by atoms with Gasteiger partial charge >= 0.3 is 0 Å². The van der Waals surface area contributed by atoms with Gasteiger partial charge < -0.3 is 4.84 Å². The third-order valence-corrected chi connectivity index (χ3v) is 1.80. The van der Waals surface area contributed by atoms with Crippen molar-refractivity contribution >= 4 is 30.1 Å². The Bertz CT molecular complexity index is 106. The summed E-state index contributed by atoms with van der Waals surface area (Å²) in [5.74, 6) is 1.59. The lowest BCUT2D eigenvalue weighted by molar-refractivity contribution is 0.158. The minimum atomic E-state index is 0.631. The summed E-state index contributed by atoms with van der Waals surface area (Å²) in [4.78, 5) is 4.86. The standard InChI is InChI=1S/C6H13NOS2/c1-3-8-7-6(4-9)5-10-2/h9H,3-5H2,1-2H3/b7-6+. The topological polar surface area (TPSA) is 21.6 Å². The zero-order chi connectivity index (χ0) is 7.82. The fourth-order valence-corrected chi connectivity index (χ4v) is 1.23. The Labute approximate surface area is 71.8 Å². The van der Waals surface area contributed by atoms with Gasteiger partial charge in [-0.1, -0.05) is 5.16 Å². The zero-order valence-electron chi connectivity index (χ0n) is 6.33. The molecule has 0 fully saturated rings. The lowest BCUT2D eigenvalue weighted by atomic mass is 10.5. The average molecular weight is 179 g/mol. The van der Waals surface area contributed by atoms with Gasteiger partial charge in [-0.05, 0) is 13.2 Å². The third kappa shape index (κ3) is 4.99. The molecule has 0 saturated carbocycles. The van der Waals surface area contributed by atoms with Crippen LogP contribution in [0.2, 0.25) is 0 Å². The number of hydrogen-bond donors (Lipinski definition) is 1. The van der Waals surface area contributed by atoms with E-state index >= 15 is 0 Å². The van der Waals surface area contributed by atoms with Gasteiger partial charge in [0.05, 0.1) is 5.71 Å². The average Bonchev–Trinajstić information content (AvgIpc) is 1.98. The first kappa shape index (κ1) is 10.2. The van der Waals surface area contributed by atoms with E-state index in [2.05, 4.69) is 17.8 Å². The second kappa shape index (κ2) is 7.28. The first-order valence-electron chi connectivity index (χ1n) is 3.12. The fraction of sp³-hybridized carbons (Fsp3) is 0.833. The molecule has 0 aromatic carbocycles. The summed E-state index contributed by atoms with van der Waals surface area (Å²) in [5, 5.41) is 3.87. The molecule has 4 heteroatoms. The smallest absolute Gasteiger partial charge is 0.114 e. The van der Waals surface area contributed by atoms with Crippen molar-refractivity contribution in [2.24, 2.45) is 5.16 Å². The van der Waals surface area contributed by atoms with Crippen LogP contribution in [0.4, 0.5) is 0 Å². The summed E-state index contributed by atoms with van der Waals surface area (Å²) in [6.07, 6.45) is 2.03. The number of rotatable bonds is 5. The van der Waals surface area contributed by atoms with E-state index < -0.39 is 0 Å². The lowest BCUT2D eigenvalue weighted by Crippen LogP contribution is -2.04. The Kier molecular flexibility index (Phi) is 7.40. The van der Waals surface area contributed by atoms with E-state index in [1.54, 1.807) is 11.8 Å². The molecule has 0 spiro atoms. The molecule has 0 unspecified atom stereocenters. The van der Waals surface area contributed by atoms with Gasteiger partial charge in [-0.25, -0.2) is 0 Å². The number of thiol groups is 1. The summed E-state index contributed by atoms with van der Waals surface area (Å²) in [7, 11) is 0. The molecule has 0 saturated heterocycles. The Hall–Kier alpha value is 0.170. The highest BCUT2D eigenvalue weighted by Crippen LogP contribution is 1.96. The third-order valence-electron chi connectivity index (χ3n) is 0.816. The molecule has 0 aromatic rings. The van der Waals surface area contributed by atoms with Crippen LogP contribution in [0.1, 0.15) is 6.92 Å². The maximum atomic E-state index is 4.86. The first-order chi connectivity index (χ1) is 4.85. The molecule has 0 bridgehead atoms. The second-order valence-electron chi connectivity index (χ2n) is 1.67. The largest absolute Gasteiger partial charge is 0.396 e. The van der Waals surface area contributed by atoms with E-state index in [1.807, 2.05) is 13.2 Å². The molecule has 0 radical (unpaired) electrons. The van der Waals surface area contributed by atoms with Crippen molar-refractivity contribution in [2.75, 3.05) is 24.4 Å². The van der Waals surface area contributed by atoms with E-state index in [-0.39, 0.29) is 0 Å². The van der Waals surface area contributed by atoms with Crippen LogP contribution in [0.25, 0.3) is 0 Å². The van der Waals surface area contributed by atoms with Crippen LogP contribution in [0.15, 0.2) is 5.16 Å². The minimum absolute atomic E-state index is 0.631. The Balaban J connectivity index is 3.55. The van der Waals surface area contributed by atoms with Gasteiger partial charge in [-0.3, -0.25) is 0 Å². The number of oxime groups is 1. The second-order valence-corrected chi connectivity index (χ2v) is 2.85. The van der Waals surface area contributed by atoms with Gasteiger partial charge in [0.15, 0.2) is 0 Å². The van der Waals surface area contributed by atoms with Crippen LogP contribution >= 0.6 is 24.4 Å². The van der Waals surface area contributed by atoms with Crippen molar-refractivity contribution in [3.05, 3.63) is 0 Å². The maximum absolute atomic E-state index is 4.86. The molecule has 2 nitrogen and oxygen atoms in total. The molecule has 0 heterocycles. The molecule has 10 heavy (non-hydrogen) atoms. The highest BCUT2D eigenvalue weighted by Gasteiger charge is 1.94. The molecule has 60 valence electrons. The van der Waals surface area contributed by atoms with E-state index in [9.17, 15) is 0 Å². The predicted molar refractivity (Wildman–Crippen MR) is 51.3 cm³/mol. The molecular weight excluding hydrogens is 166 g/mol. The van der Waals surface area contributed by atoms with Crippen LogP contribution in [-0.4, -0.2) is 30.1 Å². The van der Waals surface area contributed by atoms with Crippen molar-refractivity contribution in [1.29, 1.82) is 0 Å². The SMILES string of the molecule is CCO/N=C(\CS)CSC. The number of hydrogen-bond acceptors (Lipinski definition) is 4. The Morgan fingerprint density at radius 3 is 2.80 bits per heavy atom. The van der Waals surface area contributed by atoms with E-state index in [0.717, 1.165) is 11.5 Å². The van der Waals surface area contributed by atoms with Crippen molar-refractivity contribution in [3.63, 3.8) is 0 Å². The molecule has 0 aliphatic carbocycles. The maximum Gasteiger partial charge on any atom is 0.114 e. The molecule has 0 amide bonds. The van der Waals surface area contributed by atoms with Crippen molar-refractivity contribution in [3.8, 4) is 0 Å². The van der Waals surface area contributed by atoms with Gasteiger partial charge in [0.2, 0.25) is 0 Å². The molecule has 0 aromatic heterocycles.